The lowest BCUT2D eigenvalue weighted by molar-refractivity contribution is 0.414. The number of aryl methyl sites for hydroxylation is 1. The van der Waals surface area contributed by atoms with E-state index >= 15 is 0 Å². The highest BCUT2D eigenvalue weighted by atomic mass is 16.5. The van der Waals surface area contributed by atoms with E-state index in [0.717, 1.165) is 50.2 Å². The lowest BCUT2D eigenvalue weighted by atomic mass is 9.81. The topological polar surface area (TPSA) is 61.5 Å². The second-order valence-electron chi connectivity index (χ2n) is 9.04. The first-order chi connectivity index (χ1) is 17.7. The molecule has 0 unspecified atom stereocenters. The molecule has 2 aromatic heterocycles. The van der Waals surface area contributed by atoms with E-state index in [2.05, 4.69) is 66.5 Å². The lowest BCUT2D eigenvalue weighted by Gasteiger charge is -2.29. The van der Waals surface area contributed by atoms with Crippen molar-refractivity contribution in [3.8, 4) is 28.8 Å². The van der Waals surface area contributed by atoms with Gasteiger partial charge in [-0.2, -0.15) is 0 Å². The molecule has 0 saturated carbocycles. The number of fused-ring (bicyclic) bond motifs is 6. The summed E-state index contributed by atoms with van der Waals surface area (Å²) in [6, 6.07) is 28.9. The third kappa shape index (κ3) is 3.15. The van der Waals surface area contributed by atoms with E-state index in [9.17, 15) is 0 Å². The van der Waals surface area contributed by atoms with Crippen molar-refractivity contribution in [3.63, 3.8) is 0 Å². The van der Waals surface area contributed by atoms with Crippen molar-refractivity contribution in [2.45, 2.75) is 12.8 Å². The number of aromatic nitrogens is 4. The highest BCUT2D eigenvalue weighted by Crippen LogP contribution is 2.50. The molecule has 7 rings (SSSR count). The summed E-state index contributed by atoms with van der Waals surface area (Å²) in [5.74, 6) is 2.67. The second kappa shape index (κ2) is 7.92. The van der Waals surface area contributed by atoms with E-state index in [1.165, 1.54) is 5.56 Å². The number of hydrogen-bond acceptors (Lipinski definition) is 5. The maximum Gasteiger partial charge on any atom is 0.228 e. The van der Waals surface area contributed by atoms with E-state index in [4.69, 9.17) is 19.6 Å². The largest absolute Gasteiger partial charge is 0.497 e. The van der Waals surface area contributed by atoms with Crippen molar-refractivity contribution in [1.29, 1.82) is 0 Å². The number of methoxy groups -OCH3 is 1. The summed E-state index contributed by atoms with van der Waals surface area (Å²) in [5, 5.41) is 7.06. The maximum atomic E-state index is 6.40. The molecular formula is C30H22N4O2. The average Bonchev–Trinajstić information content (AvgIpc) is 3.37. The van der Waals surface area contributed by atoms with E-state index in [0.29, 0.717) is 11.7 Å². The molecule has 6 nitrogen and oxygen atoms in total. The summed E-state index contributed by atoms with van der Waals surface area (Å²) in [5.41, 5.74) is 5.99. The molecule has 0 fully saturated rings. The Morgan fingerprint density at radius 3 is 2.47 bits per heavy atom. The van der Waals surface area contributed by atoms with Gasteiger partial charge in [-0.15, -0.1) is 5.10 Å². The monoisotopic (exact) mass is 470 g/mol. The highest BCUT2D eigenvalue weighted by Gasteiger charge is 2.34. The summed E-state index contributed by atoms with van der Waals surface area (Å²) >= 11 is 0. The molecule has 0 radical (unpaired) electrons. The molecule has 0 amide bonds. The standard InChI is InChI=1S/C30H22N4O2/c1-18-7-9-21(10-8-18)28-32-29-27-25(20-11-14-22(35-2)15-12-20)26-23-6-4-3-5-19(23)13-16-24(26)36-30(27)31-17-34(29)33-28/h3-17,25H,1-2H3/t25-/m1/s1. The smallest absolute Gasteiger partial charge is 0.228 e. The molecule has 0 spiro atoms. The van der Waals surface area contributed by atoms with Crippen LogP contribution in [0, 0.1) is 6.92 Å². The first-order valence-corrected chi connectivity index (χ1v) is 11.9. The zero-order valence-electron chi connectivity index (χ0n) is 19.8. The van der Waals surface area contributed by atoms with Gasteiger partial charge >= 0.3 is 0 Å². The predicted octanol–water partition coefficient (Wildman–Crippen LogP) is 6.55. The molecule has 3 heterocycles. The molecule has 1 aliphatic rings. The summed E-state index contributed by atoms with van der Waals surface area (Å²) in [6.07, 6.45) is 1.68. The number of rotatable bonds is 3. The van der Waals surface area contributed by atoms with Crippen molar-refractivity contribution in [2.75, 3.05) is 7.11 Å². The lowest BCUT2D eigenvalue weighted by Crippen LogP contribution is -2.15. The van der Waals surface area contributed by atoms with Crippen molar-refractivity contribution in [1.82, 2.24) is 19.6 Å². The van der Waals surface area contributed by atoms with Crippen molar-refractivity contribution < 1.29 is 9.47 Å². The van der Waals surface area contributed by atoms with Crippen LogP contribution in [-0.2, 0) is 0 Å². The molecule has 36 heavy (non-hydrogen) atoms. The third-order valence-corrected chi connectivity index (χ3v) is 6.86. The van der Waals surface area contributed by atoms with Gasteiger partial charge in [0.1, 0.15) is 17.8 Å². The molecule has 0 bridgehead atoms. The number of ether oxygens (including phenoxy) is 2. The minimum absolute atomic E-state index is 0.146. The molecule has 0 saturated heterocycles. The number of benzene rings is 4. The second-order valence-corrected chi connectivity index (χ2v) is 9.04. The van der Waals surface area contributed by atoms with Crippen LogP contribution in [0.25, 0.3) is 27.8 Å². The predicted molar refractivity (Wildman–Crippen MR) is 139 cm³/mol. The molecule has 0 aliphatic carbocycles. The Kier molecular flexibility index (Phi) is 4.54. The van der Waals surface area contributed by atoms with Gasteiger partial charge in [-0.05, 0) is 41.5 Å². The minimum Gasteiger partial charge on any atom is -0.497 e. The summed E-state index contributed by atoms with van der Waals surface area (Å²) in [4.78, 5) is 9.67. The fourth-order valence-corrected chi connectivity index (χ4v) is 5.06. The van der Waals surface area contributed by atoms with E-state index in [1.54, 1.807) is 18.0 Å². The normalized spacial score (nSPS) is 14.3. The van der Waals surface area contributed by atoms with Crippen LogP contribution in [0.5, 0.6) is 17.4 Å². The SMILES string of the molecule is COc1ccc([C@@H]2c3c(ccc4ccccc34)Oc3ncn4nc(-c5ccc(C)cc5)nc4c32)cc1. The van der Waals surface area contributed by atoms with Gasteiger partial charge in [0.2, 0.25) is 5.88 Å². The van der Waals surface area contributed by atoms with E-state index in [1.807, 2.05) is 30.3 Å². The van der Waals surface area contributed by atoms with Crippen LogP contribution in [0.15, 0.2) is 91.3 Å². The maximum absolute atomic E-state index is 6.40. The van der Waals surface area contributed by atoms with E-state index in [-0.39, 0.29) is 5.92 Å². The van der Waals surface area contributed by atoms with Crippen LogP contribution >= 0.6 is 0 Å². The number of hydrogen-bond donors (Lipinski definition) is 0. The van der Waals surface area contributed by atoms with E-state index < -0.39 is 0 Å². The fourth-order valence-electron chi connectivity index (χ4n) is 5.06. The highest BCUT2D eigenvalue weighted by molar-refractivity contribution is 5.91. The Bertz CT molecular complexity index is 1760. The summed E-state index contributed by atoms with van der Waals surface area (Å²) in [7, 11) is 1.68. The van der Waals surface area contributed by atoms with Gasteiger partial charge in [0, 0.05) is 17.0 Å². The Morgan fingerprint density at radius 2 is 1.67 bits per heavy atom. The van der Waals surface area contributed by atoms with Crippen molar-refractivity contribution in [3.05, 3.63) is 114 Å². The molecule has 1 aliphatic heterocycles. The van der Waals surface area contributed by atoms with Crippen molar-refractivity contribution in [2.24, 2.45) is 0 Å². The first-order valence-electron chi connectivity index (χ1n) is 11.9. The van der Waals surface area contributed by atoms with Crippen LogP contribution < -0.4 is 9.47 Å². The van der Waals surface area contributed by atoms with Gasteiger partial charge in [-0.1, -0.05) is 72.3 Å². The van der Waals surface area contributed by atoms with Gasteiger partial charge in [0.05, 0.1) is 12.7 Å². The zero-order valence-corrected chi connectivity index (χ0v) is 19.8. The van der Waals surface area contributed by atoms with Crippen LogP contribution in [0.3, 0.4) is 0 Å². The first kappa shape index (κ1) is 20.6. The molecule has 0 N–H and O–H groups in total. The third-order valence-electron chi connectivity index (χ3n) is 6.86. The van der Waals surface area contributed by atoms with Gasteiger partial charge in [0.15, 0.2) is 11.5 Å². The Hall–Kier alpha value is -4.71. The average molecular weight is 471 g/mol. The van der Waals surface area contributed by atoms with Gasteiger partial charge in [-0.25, -0.2) is 14.5 Å². The molecular weight excluding hydrogens is 448 g/mol. The van der Waals surface area contributed by atoms with Gasteiger partial charge in [0.25, 0.3) is 0 Å². The molecule has 174 valence electrons. The molecule has 6 heteroatoms. The van der Waals surface area contributed by atoms with Crippen LogP contribution in [0.2, 0.25) is 0 Å². The summed E-state index contributed by atoms with van der Waals surface area (Å²) in [6.45, 7) is 2.07. The molecule has 1 atom stereocenters. The van der Waals surface area contributed by atoms with Gasteiger partial charge in [-0.3, -0.25) is 0 Å². The van der Waals surface area contributed by atoms with Crippen LogP contribution in [0.4, 0.5) is 0 Å². The zero-order chi connectivity index (χ0) is 24.2. The Labute approximate surface area is 207 Å². The Morgan fingerprint density at radius 1 is 0.861 bits per heavy atom. The minimum atomic E-state index is -0.146. The van der Waals surface area contributed by atoms with Crippen LogP contribution in [-0.4, -0.2) is 26.7 Å². The molecule has 4 aromatic carbocycles. The Balaban J connectivity index is 1.51. The quantitative estimate of drug-likeness (QED) is 0.293. The fraction of sp³-hybridized carbons (Fsp3) is 0.100. The van der Waals surface area contributed by atoms with Gasteiger partial charge < -0.3 is 9.47 Å². The molecule has 6 aromatic rings. The van der Waals surface area contributed by atoms with Crippen LogP contribution in [0.1, 0.15) is 28.2 Å². The van der Waals surface area contributed by atoms with Crippen molar-refractivity contribution >= 4 is 16.4 Å². The number of nitrogens with zero attached hydrogens (tertiary/aromatic N) is 4. The summed E-state index contributed by atoms with van der Waals surface area (Å²) < 4.78 is 13.6.